The van der Waals surface area contributed by atoms with Gasteiger partial charge in [0.15, 0.2) is 0 Å². The number of halogens is 1. The minimum Gasteiger partial charge on any atom is -0.496 e. The fourth-order valence-electron chi connectivity index (χ4n) is 3.33. The Morgan fingerprint density at radius 2 is 2.32 bits per heavy atom. The van der Waals surface area contributed by atoms with Gasteiger partial charge in [0.2, 0.25) is 0 Å². The van der Waals surface area contributed by atoms with Gasteiger partial charge in [0, 0.05) is 25.7 Å². The molecule has 1 N–H and O–H groups in total. The Morgan fingerprint density at radius 1 is 1.42 bits per heavy atom. The molecule has 4 heteroatoms. The van der Waals surface area contributed by atoms with Gasteiger partial charge < -0.3 is 10.1 Å². The number of hydrogen-bond acceptors (Lipinski definition) is 3. The number of methoxy groups -OCH3 is 1. The molecule has 0 aliphatic carbocycles. The van der Waals surface area contributed by atoms with Crippen molar-refractivity contribution in [3.63, 3.8) is 0 Å². The first-order valence-corrected chi connectivity index (χ1v) is 7.83. The smallest absolute Gasteiger partial charge is 0.133 e. The van der Waals surface area contributed by atoms with Crippen LogP contribution < -0.4 is 10.1 Å². The maximum Gasteiger partial charge on any atom is 0.133 e. The molecule has 2 aliphatic rings. The lowest BCUT2D eigenvalue weighted by Gasteiger charge is -2.24. The van der Waals surface area contributed by atoms with Crippen LogP contribution in [-0.2, 0) is 6.54 Å². The largest absolute Gasteiger partial charge is 0.496 e. The van der Waals surface area contributed by atoms with Crippen molar-refractivity contribution < 1.29 is 4.74 Å². The molecule has 0 amide bonds. The highest BCUT2D eigenvalue weighted by atomic mass is 79.9. The Bertz CT molecular complexity index is 438. The van der Waals surface area contributed by atoms with Crippen molar-refractivity contribution in [2.75, 3.05) is 26.7 Å². The number of fused-ring (bicyclic) bond motifs is 1. The van der Waals surface area contributed by atoms with Crippen LogP contribution >= 0.6 is 15.9 Å². The molecule has 2 saturated heterocycles. The topological polar surface area (TPSA) is 24.5 Å². The molecule has 3 nitrogen and oxygen atoms in total. The first-order valence-electron chi connectivity index (χ1n) is 7.04. The van der Waals surface area contributed by atoms with Crippen LogP contribution in [0, 0.1) is 5.92 Å². The third-order valence-corrected chi connectivity index (χ3v) is 4.92. The van der Waals surface area contributed by atoms with E-state index in [-0.39, 0.29) is 0 Å². The molecular weight excluding hydrogens is 304 g/mol. The Kier molecular flexibility index (Phi) is 4.10. The fraction of sp³-hybridized carbons (Fsp3) is 0.600. The van der Waals surface area contributed by atoms with E-state index in [0.717, 1.165) is 28.7 Å². The van der Waals surface area contributed by atoms with E-state index >= 15 is 0 Å². The SMILES string of the molecule is COc1ccc(CN2C[C@@H]3CCCN[C@@H]3C2)cc1Br. The summed E-state index contributed by atoms with van der Waals surface area (Å²) in [6.45, 7) is 4.66. The van der Waals surface area contributed by atoms with Gasteiger partial charge in [-0.05, 0) is 58.9 Å². The third-order valence-electron chi connectivity index (χ3n) is 4.30. The fourth-order valence-corrected chi connectivity index (χ4v) is 3.92. The van der Waals surface area contributed by atoms with Crippen LogP contribution in [-0.4, -0.2) is 37.7 Å². The predicted molar refractivity (Wildman–Crippen MR) is 80.5 cm³/mol. The van der Waals surface area contributed by atoms with Crippen molar-refractivity contribution in [2.24, 2.45) is 5.92 Å². The normalized spacial score (nSPS) is 27.3. The summed E-state index contributed by atoms with van der Waals surface area (Å²) in [5, 5.41) is 3.66. The number of nitrogens with one attached hydrogen (secondary N) is 1. The first-order chi connectivity index (χ1) is 9.26. The zero-order valence-corrected chi connectivity index (χ0v) is 12.9. The molecule has 0 saturated carbocycles. The van der Waals surface area contributed by atoms with E-state index in [1.807, 2.05) is 6.07 Å². The average molecular weight is 325 g/mol. The van der Waals surface area contributed by atoms with E-state index in [0.29, 0.717) is 0 Å². The molecule has 0 radical (unpaired) electrons. The molecule has 1 aromatic carbocycles. The molecule has 1 aromatic rings. The summed E-state index contributed by atoms with van der Waals surface area (Å²) in [6, 6.07) is 7.10. The number of rotatable bonds is 3. The van der Waals surface area contributed by atoms with Gasteiger partial charge >= 0.3 is 0 Å². The van der Waals surface area contributed by atoms with Crippen LogP contribution in [0.15, 0.2) is 22.7 Å². The van der Waals surface area contributed by atoms with E-state index in [2.05, 4.69) is 38.3 Å². The zero-order chi connectivity index (χ0) is 13.2. The van der Waals surface area contributed by atoms with Crippen molar-refractivity contribution >= 4 is 15.9 Å². The standard InChI is InChI=1S/C15H21BrN2O/c1-19-15-5-4-11(7-13(15)16)8-18-9-12-3-2-6-17-14(12)10-18/h4-5,7,12,14,17H,2-3,6,8-10H2,1H3/t12-,14+/m0/s1. The van der Waals surface area contributed by atoms with E-state index in [9.17, 15) is 0 Å². The highest BCUT2D eigenvalue weighted by Gasteiger charge is 2.33. The first kappa shape index (κ1) is 13.4. The number of hydrogen-bond donors (Lipinski definition) is 1. The summed E-state index contributed by atoms with van der Waals surface area (Å²) in [4.78, 5) is 2.57. The highest BCUT2D eigenvalue weighted by Crippen LogP contribution is 2.29. The van der Waals surface area contributed by atoms with Crippen molar-refractivity contribution in [1.29, 1.82) is 0 Å². The van der Waals surface area contributed by atoms with Crippen LogP contribution in [0.3, 0.4) is 0 Å². The lowest BCUT2D eigenvalue weighted by Crippen LogP contribution is -2.40. The van der Waals surface area contributed by atoms with Crippen molar-refractivity contribution in [2.45, 2.75) is 25.4 Å². The van der Waals surface area contributed by atoms with Gasteiger partial charge in [-0.1, -0.05) is 6.07 Å². The summed E-state index contributed by atoms with van der Waals surface area (Å²) >= 11 is 3.56. The van der Waals surface area contributed by atoms with Crippen molar-refractivity contribution in [3.8, 4) is 5.75 Å². The minimum absolute atomic E-state index is 0.718. The number of benzene rings is 1. The van der Waals surface area contributed by atoms with E-state index < -0.39 is 0 Å². The van der Waals surface area contributed by atoms with E-state index in [1.54, 1.807) is 7.11 Å². The second kappa shape index (κ2) is 5.81. The van der Waals surface area contributed by atoms with Crippen LogP contribution in [0.1, 0.15) is 18.4 Å². The molecule has 0 bridgehead atoms. The van der Waals surface area contributed by atoms with Crippen LogP contribution in [0.5, 0.6) is 5.75 Å². The van der Waals surface area contributed by atoms with Gasteiger partial charge in [-0.25, -0.2) is 0 Å². The highest BCUT2D eigenvalue weighted by molar-refractivity contribution is 9.10. The molecule has 2 heterocycles. The number of ether oxygens (including phenoxy) is 1. The summed E-state index contributed by atoms with van der Waals surface area (Å²) < 4.78 is 6.32. The monoisotopic (exact) mass is 324 g/mol. The van der Waals surface area contributed by atoms with Crippen molar-refractivity contribution in [1.82, 2.24) is 10.2 Å². The predicted octanol–water partition coefficient (Wildman–Crippen LogP) is 2.64. The summed E-state index contributed by atoms with van der Waals surface area (Å²) in [6.07, 6.45) is 2.73. The molecule has 104 valence electrons. The molecule has 2 fully saturated rings. The van der Waals surface area contributed by atoms with E-state index in [1.165, 1.54) is 38.0 Å². The van der Waals surface area contributed by atoms with Crippen LogP contribution in [0.4, 0.5) is 0 Å². The van der Waals surface area contributed by atoms with Gasteiger partial charge in [-0.2, -0.15) is 0 Å². The quantitative estimate of drug-likeness (QED) is 0.925. The molecule has 0 aromatic heterocycles. The molecule has 0 unspecified atom stereocenters. The van der Waals surface area contributed by atoms with Gasteiger partial charge in [0.25, 0.3) is 0 Å². The number of piperidine rings is 1. The van der Waals surface area contributed by atoms with Crippen molar-refractivity contribution in [3.05, 3.63) is 28.2 Å². The van der Waals surface area contributed by atoms with Gasteiger partial charge in [0.05, 0.1) is 11.6 Å². The molecule has 2 atom stereocenters. The zero-order valence-electron chi connectivity index (χ0n) is 11.4. The Labute approximate surface area is 123 Å². The summed E-state index contributed by atoms with van der Waals surface area (Å²) in [5.41, 5.74) is 1.35. The Morgan fingerprint density at radius 3 is 3.05 bits per heavy atom. The average Bonchev–Trinajstić information content (AvgIpc) is 2.81. The number of nitrogens with zero attached hydrogens (tertiary/aromatic N) is 1. The maximum atomic E-state index is 5.28. The van der Waals surface area contributed by atoms with Gasteiger partial charge in [-0.15, -0.1) is 0 Å². The minimum atomic E-state index is 0.718. The molecule has 3 rings (SSSR count). The number of likely N-dealkylation sites (tertiary alicyclic amines) is 1. The lowest BCUT2D eigenvalue weighted by atomic mass is 9.94. The third kappa shape index (κ3) is 2.96. The summed E-state index contributed by atoms with van der Waals surface area (Å²) in [7, 11) is 1.70. The molecule has 19 heavy (non-hydrogen) atoms. The van der Waals surface area contributed by atoms with Gasteiger partial charge in [-0.3, -0.25) is 4.90 Å². The van der Waals surface area contributed by atoms with Gasteiger partial charge in [0.1, 0.15) is 5.75 Å². The Balaban J connectivity index is 1.64. The molecule has 2 aliphatic heterocycles. The summed E-state index contributed by atoms with van der Waals surface area (Å²) in [5.74, 6) is 1.76. The lowest BCUT2D eigenvalue weighted by molar-refractivity contribution is 0.312. The molecular formula is C15H21BrN2O. The van der Waals surface area contributed by atoms with Crippen LogP contribution in [0.25, 0.3) is 0 Å². The van der Waals surface area contributed by atoms with E-state index in [4.69, 9.17) is 4.74 Å². The van der Waals surface area contributed by atoms with Crippen LogP contribution in [0.2, 0.25) is 0 Å². The maximum absolute atomic E-state index is 5.28. The molecule has 0 spiro atoms. The Hall–Kier alpha value is -0.580. The second-order valence-electron chi connectivity index (χ2n) is 5.63. The second-order valence-corrected chi connectivity index (χ2v) is 6.48.